The van der Waals surface area contributed by atoms with Crippen LogP contribution in [0.3, 0.4) is 0 Å². The largest absolute Gasteiger partial charge is 0.311 e. The maximum Gasteiger partial charge on any atom is 0.0540 e. The Bertz CT molecular complexity index is 2880. The van der Waals surface area contributed by atoms with Crippen LogP contribution in [0.25, 0.3) is 44.8 Å². The van der Waals surface area contributed by atoms with Crippen LogP contribution in [0.2, 0.25) is 0 Å². The molecule has 0 unspecified atom stereocenters. The third-order valence-corrected chi connectivity index (χ3v) is 11.6. The quantitative estimate of drug-likeness (QED) is 0.144. The zero-order valence-corrected chi connectivity index (χ0v) is 32.2. The molecule has 2 nitrogen and oxygen atoms in total. The van der Waals surface area contributed by atoms with E-state index in [9.17, 15) is 0 Å². The van der Waals surface area contributed by atoms with Crippen LogP contribution in [0.4, 0.5) is 34.1 Å². The Kier molecular flexibility index (Phi) is 8.53. The van der Waals surface area contributed by atoms with E-state index in [4.69, 9.17) is 0 Å². The number of rotatable bonds is 8. The average Bonchev–Trinajstić information content (AvgIpc) is 3.49. The van der Waals surface area contributed by atoms with Gasteiger partial charge in [0.15, 0.2) is 0 Å². The van der Waals surface area contributed by atoms with Gasteiger partial charge in [-0.15, -0.1) is 0 Å². The van der Waals surface area contributed by atoms with Gasteiger partial charge in [-0.3, -0.25) is 0 Å². The van der Waals surface area contributed by atoms with E-state index in [1.54, 1.807) is 0 Å². The third kappa shape index (κ3) is 6.26. The summed E-state index contributed by atoms with van der Waals surface area (Å²) >= 11 is 0. The van der Waals surface area contributed by atoms with E-state index in [0.717, 1.165) is 34.0 Å². The monoisotopic (exact) mass is 730 g/mol. The Morgan fingerprint density at radius 1 is 0.351 bits per heavy atom. The molecule has 0 aliphatic heterocycles. The molecule has 10 rings (SSSR count). The summed E-state index contributed by atoms with van der Waals surface area (Å²) in [5, 5.41) is 4.93. The van der Waals surface area contributed by atoms with Gasteiger partial charge in [0.2, 0.25) is 0 Å². The first-order chi connectivity index (χ1) is 28.0. The zero-order chi connectivity index (χ0) is 38.3. The number of fused-ring (bicyclic) bond motifs is 5. The van der Waals surface area contributed by atoms with Crippen LogP contribution in [-0.2, 0) is 5.41 Å². The van der Waals surface area contributed by atoms with E-state index in [-0.39, 0.29) is 5.41 Å². The Balaban J connectivity index is 0.977. The summed E-state index contributed by atoms with van der Waals surface area (Å²) in [6, 6.07) is 74.7. The predicted molar refractivity (Wildman–Crippen MR) is 244 cm³/mol. The molecule has 0 spiro atoms. The Hall–Kier alpha value is -7.16. The maximum atomic E-state index is 2.44. The Morgan fingerprint density at radius 2 is 0.860 bits per heavy atom. The number of hydrogen-bond donors (Lipinski definition) is 0. The van der Waals surface area contributed by atoms with Crippen LogP contribution in [-0.4, -0.2) is 0 Å². The van der Waals surface area contributed by atoms with Gasteiger partial charge in [0.25, 0.3) is 0 Å². The second kappa shape index (κ2) is 14.2. The summed E-state index contributed by atoms with van der Waals surface area (Å²) in [6.45, 7) is 4.74. The predicted octanol–water partition coefficient (Wildman–Crippen LogP) is 15.4. The number of para-hydroxylation sites is 2. The number of benzene rings is 9. The lowest BCUT2D eigenvalue weighted by atomic mass is 9.81. The van der Waals surface area contributed by atoms with Crippen molar-refractivity contribution < 1.29 is 0 Å². The fourth-order valence-electron chi connectivity index (χ4n) is 8.66. The Labute approximate surface area is 335 Å². The van der Waals surface area contributed by atoms with Crippen molar-refractivity contribution in [3.05, 3.63) is 229 Å². The van der Waals surface area contributed by atoms with Crippen molar-refractivity contribution in [1.29, 1.82) is 0 Å². The molecule has 57 heavy (non-hydrogen) atoms. The zero-order valence-electron chi connectivity index (χ0n) is 32.2. The second-order valence-electron chi connectivity index (χ2n) is 15.5. The molecule has 272 valence electrons. The van der Waals surface area contributed by atoms with Crippen molar-refractivity contribution in [2.45, 2.75) is 19.3 Å². The summed E-state index contributed by atoms with van der Waals surface area (Å²) in [4.78, 5) is 4.73. The normalized spacial score (nSPS) is 12.8. The molecule has 9 aromatic carbocycles. The average molecular weight is 731 g/mol. The van der Waals surface area contributed by atoms with Crippen molar-refractivity contribution in [3.8, 4) is 11.1 Å². The lowest BCUT2D eigenvalue weighted by Gasteiger charge is -2.29. The molecule has 0 atom stereocenters. The highest BCUT2D eigenvalue weighted by Gasteiger charge is 2.36. The molecule has 1 aliphatic carbocycles. The number of hydrogen-bond acceptors (Lipinski definition) is 2. The molecule has 0 radical (unpaired) electrons. The minimum Gasteiger partial charge on any atom is -0.311 e. The number of nitrogens with zero attached hydrogens (tertiary/aromatic N) is 2. The van der Waals surface area contributed by atoms with Gasteiger partial charge in [-0.2, -0.15) is 0 Å². The molecular weight excluding hydrogens is 689 g/mol. The smallest absolute Gasteiger partial charge is 0.0540 e. The molecule has 9 aromatic rings. The molecule has 0 fully saturated rings. The molecular formula is C55H42N2. The molecule has 0 saturated heterocycles. The van der Waals surface area contributed by atoms with Gasteiger partial charge < -0.3 is 9.80 Å². The van der Waals surface area contributed by atoms with Crippen molar-refractivity contribution in [2.24, 2.45) is 0 Å². The van der Waals surface area contributed by atoms with Crippen molar-refractivity contribution in [3.63, 3.8) is 0 Å². The summed E-state index contributed by atoms with van der Waals surface area (Å²) in [6.07, 6.45) is 4.47. The highest BCUT2D eigenvalue weighted by molar-refractivity contribution is 6.00. The molecule has 0 amide bonds. The van der Waals surface area contributed by atoms with Gasteiger partial charge in [0.05, 0.1) is 5.69 Å². The van der Waals surface area contributed by atoms with Crippen molar-refractivity contribution in [1.82, 2.24) is 0 Å². The molecule has 0 bridgehead atoms. The molecule has 0 aromatic heterocycles. The van der Waals surface area contributed by atoms with E-state index < -0.39 is 0 Å². The van der Waals surface area contributed by atoms with Gasteiger partial charge in [-0.25, -0.2) is 0 Å². The minimum atomic E-state index is -0.182. The number of anilines is 6. The van der Waals surface area contributed by atoms with Gasteiger partial charge >= 0.3 is 0 Å². The SMILES string of the molecule is CC1(C)c2cc(/C=C/c3ccc(N(c4ccccc4)c4ccccc4)cc3)ccc2-c2ccc(N(c3ccc4ccccc4c3)c3cccc4ccccc34)cc21. The van der Waals surface area contributed by atoms with Crippen molar-refractivity contribution in [2.75, 3.05) is 9.80 Å². The van der Waals surface area contributed by atoms with E-state index in [0.29, 0.717) is 0 Å². The van der Waals surface area contributed by atoms with E-state index in [2.05, 4.69) is 242 Å². The van der Waals surface area contributed by atoms with Gasteiger partial charge in [-0.05, 0) is 116 Å². The van der Waals surface area contributed by atoms with Crippen LogP contribution >= 0.6 is 0 Å². The van der Waals surface area contributed by atoms with Gasteiger partial charge in [0, 0.05) is 39.2 Å². The summed E-state index contributed by atoms with van der Waals surface area (Å²) < 4.78 is 0. The molecule has 1 aliphatic rings. The minimum absolute atomic E-state index is 0.182. The highest BCUT2D eigenvalue weighted by atomic mass is 15.1. The van der Waals surface area contributed by atoms with Crippen LogP contribution in [0.1, 0.15) is 36.1 Å². The first-order valence-corrected chi connectivity index (χ1v) is 19.8. The fourth-order valence-corrected chi connectivity index (χ4v) is 8.66. The van der Waals surface area contributed by atoms with Crippen LogP contribution < -0.4 is 9.80 Å². The molecule has 0 saturated carbocycles. The Morgan fingerprint density at radius 3 is 1.60 bits per heavy atom. The summed E-state index contributed by atoms with van der Waals surface area (Å²) in [7, 11) is 0. The molecule has 0 N–H and O–H groups in total. The third-order valence-electron chi connectivity index (χ3n) is 11.6. The lowest BCUT2D eigenvalue weighted by Crippen LogP contribution is -2.17. The van der Waals surface area contributed by atoms with Gasteiger partial charge in [0.1, 0.15) is 0 Å². The van der Waals surface area contributed by atoms with Gasteiger partial charge in [-0.1, -0.05) is 166 Å². The van der Waals surface area contributed by atoms with E-state index in [1.807, 2.05) is 0 Å². The van der Waals surface area contributed by atoms with E-state index in [1.165, 1.54) is 55.0 Å². The first-order valence-electron chi connectivity index (χ1n) is 19.8. The highest BCUT2D eigenvalue weighted by Crippen LogP contribution is 2.51. The fraction of sp³-hybridized carbons (Fsp3) is 0.0545. The standard InChI is InChI=1S/C55H42N2/c1-55(2)52-36-40(25-24-39-26-30-46(31-27-39)56(44-18-5-3-6-19-44)45-20-7-4-8-21-45)28-34-50(52)51-35-33-48(38-53(51)55)57(47-32-29-41-14-9-10-16-43(41)37-47)54-23-13-17-42-15-11-12-22-49(42)54/h3-38H,1-2H3/b25-24+. The van der Waals surface area contributed by atoms with Crippen LogP contribution in [0.5, 0.6) is 0 Å². The maximum absolute atomic E-state index is 2.44. The summed E-state index contributed by atoms with van der Waals surface area (Å²) in [5.41, 5.74) is 14.4. The first kappa shape index (κ1) is 34.3. The lowest BCUT2D eigenvalue weighted by molar-refractivity contribution is 0.660. The second-order valence-corrected chi connectivity index (χ2v) is 15.5. The van der Waals surface area contributed by atoms with Crippen LogP contribution in [0, 0.1) is 0 Å². The summed E-state index contributed by atoms with van der Waals surface area (Å²) in [5.74, 6) is 0. The topological polar surface area (TPSA) is 6.48 Å². The molecule has 2 heteroatoms. The molecule has 0 heterocycles. The van der Waals surface area contributed by atoms with Crippen molar-refractivity contribution >= 4 is 67.8 Å². The van der Waals surface area contributed by atoms with E-state index >= 15 is 0 Å². The van der Waals surface area contributed by atoms with Crippen LogP contribution in [0.15, 0.2) is 206 Å².